The van der Waals surface area contributed by atoms with E-state index in [4.69, 9.17) is 4.74 Å². The molecule has 1 aliphatic rings. The predicted octanol–water partition coefficient (Wildman–Crippen LogP) is 3.81. The standard InChI is InChI=1S/C16H25NOS/c1-3-9-17-16-8-5-13-12-14(6-7-15(13)16)18-10-11-19-4-2/h6-7,12,16-17H,3-5,8-11H2,1-2H3. The molecule has 0 aromatic heterocycles. The van der Waals surface area contributed by atoms with E-state index in [9.17, 15) is 0 Å². The van der Waals surface area contributed by atoms with E-state index in [1.54, 1.807) is 0 Å². The smallest absolute Gasteiger partial charge is 0.119 e. The Hall–Kier alpha value is -0.670. The van der Waals surface area contributed by atoms with E-state index in [1.807, 2.05) is 11.8 Å². The summed E-state index contributed by atoms with van der Waals surface area (Å²) < 4.78 is 5.81. The number of thioether (sulfide) groups is 1. The van der Waals surface area contributed by atoms with Gasteiger partial charge in [0.05, 0.1) is 6.61 Å². The first kappa shape index (κ1) is 14.7. The Labute approximate surface area is 121 Å². The van der Waals surface area contributed by atoms with E-state index in [0.29, 0.717) is 6.04 Å². The Balaban J connectivity index is 1.89. The molecule has 0 radical (unpaired) electrons. The molecule has 1 atom stereocenters. The van der Waals surface area contributed by atoms with Gasteiger partial charge in [0.1, 0.15) is 5.75 Å². The molecule has 2 rings (SSSR count). The SMILES string of the molecule is CCCNC1CCc2cc(OCCSCC)ccc21. The van der Waals surface area contributed by atoms with Gasteiger partial charge in [-0.3, -0.25) is 0 Å². The summed E-state index contributed by atoms with van der Waals surface area (Å²) in [4.78, 5) is 0. The molecule has 1 N–H and O–H groups in total. The Bertz CT molecular complexity index is 394. The molecular weight excluding hydrogens is 254 g/mol. The van der Waals surface area contributed by atoms with Gasteiger partial charge in [-0.1, -0.05) is 19.9 Å². The van der Waals surface area contributed by atoms with Gasteiger partial charge in [0.2, 0.25) is 0 Å². The minimum Gasteiger partial charge on any atom is -0.493 e. The third-order valence-corrected chi connectivity index (χ3v) is 4.40. The quantitative estimate of drug-likeness (QED) is 0.731. The molecule has 19 heavy (non-hydrogen) atoms. The average Bonchev–Trinajstić information content (AvgIpc) is 2.84. The first-order chi connectivity index (χ1) is 9.35. The monoisotopic (exact) mass is 279 g/mol. The second-order valence-electron chi connectivity index (χ2n) is 4.95. The molecule has 3 heteroatoms. The highest BCUT2D eigenvalue weighted by Crippen LogP contribution is 2.33. The van der Waals surface area contributed by atoms with E-state index in [0.717, 1.165) is 24.7 Å². The zero-order chi connectivity index (χ0) is 13.5. The zero-order valence-corrected chi connectivity index (χ0v) is 12.9. The van der Waals surface area contributed by atoms with Gasteiger partial charge < -0.3 is 10.1 Å². The van der Waals surface area contributed by atoms with Crippen LogP contribution < -0.4 is 10.1 Å². The van der Waals surface area contributed by atoms with Gasteiger partial charge in [0.25, 0.3) is 0 Å². The normalized spacial score (nSPS) is 17.5. The summed E-state index contributed by atoms with van der Waals surface area (Å²) in [6, 6.07) is 7.17. The van der Waals surface area contributed by atoms with E-state index in [-0.39, 0.29) is 0 Å². The van der Waals surface area contributed by atoms with Crippen LogP contribution in [0.3, 0.4) is 0 Å². The molecule has 1 unspecified atom stereocenters. The molecule has 0 heterocycles. The van der Waals surface area contributed by atoms with Gasteiger partial charge >= 0.3 is 0 Å². The third kappa shape index (κ3) is 4.15. The van der Waals surface area contributed by atoms with Crippen molar-refractivity contribution in [1.29, 1.82) is 0 Å². The minimum absolute atomic E-state index is 0.555. The third-order valence-electron chi connectivity index (χ3n) is 3.53. The van der Waals surface area contributed by atoms with Crippen molar-refractivity contribution in [3.05, 3.63) is 29.3 Å². The largest absolute Gasteiger partial charge is 0.493 e. The van der Waals surface area contributed by atoms with Crippen LogP contribution in [0.5, 0.6) is 5.75 Å². The molecule has 0 spiro atoms. The number of fused-ring (bicyclic) bond motifs is 1. The molecule has 1 aromatic carbocycles. The number of hydrogen-bond donors (Lipinski definition) is 1. The zero-order valence-electron chi connectivity index (χ0n) is 12.1. The van der Waals surface area contributed by atoms with Crippen LogP contribution >= 0.6 is 11.8 Å². The molecule has 2 nitrogen and oxygen atoms in total. The maximum atomic E-state index is 5.81. The van der Waals surface area contributed by atoms with Gasteiger partial charge in [-0.05, 0) is 54.8 Å². The van der Waals surface area contributed by atoms with Crippen LogP contribution in [0.25, 0.3) is 0 Å². The number of aryl methyl sites for hydroxylation is 1. The summed E-state index contributed by atoms with van der Waals surface area (Å²) in [6.07, 6.45) is 3.60. The van der Waals surface area contributed by atoms with Crippen LogP contribution in [0.4, 0.5) is 0 Å². The fraction of sp³-hybridized carbons (Fsp3) is 0.625. The fourth-order valence-electron chi connectivity index (χ4n) is 2.58. The molecule has 1 aromatic rings. The van der Waals surface area contributed by atoms with Crippen molar-refractivity contribution in [2.75, 3.05) is 24.7 Å². The molecule has 0 aliphatic heterocycles. The van der Waals surface area contributed by atoms with Gasteiger partial charge in [0.15, 0.2) is 0 Å². The maximum Gasteiger partial charge on any atom is 0.119 e. The van der Waals surface area contributed by atoms with Crippen LogP contribution in [0.1, 0.15) is 43.9 Å². The summed E-state index contributed by atoms with van der Waals surface area (Å²) in [5, 5.41) is 3.62. The Morgan fingerprint density at radius 2 is 2.26 bits per heavy atom. The second-order valence-corrected chi connectivity index (χ2v) is 6.35. The van der Waals surface area contributed by atoms with Crippen molar-refractivity contribution in [2.24, 2.45) is 0 Å². The van der Waals surface area contributed by atoms with Crippen LogP contribution in [-0.4, -0.2) is 24.7 Å². The molecular formula is C16H25NOS. The Morgan fingerprint density at radius 1 is 1.37 bits per heavy atom. The average molecular weight is 279 g/mol. The highest BCUT2D eigenvalue weighted by atomic mass is 32.2. The number of rotatable bonds is 8. The number of ether oxygens (including phenoxy) is 1. The highest BCUT2D eigenvalue weighted by molar-refractivity contribution is 7.99. The molecule has 0 bridgehead atoms. The number of nitrogens with one attached hydrogen (secondary N) is 1. The Kier molecular flexibility index (Phi) is 6.05. The van der Waals surface area contributed by atoms with Gasteiger partial charge in [-0.25, -0.2) is 0 Å². The first-order valence-electron chi connectivity index (χ1n) is 7.42. The number of benzene rings is 1. The van der Waals surface area contributed by atoms with Gasteiger partial charge in [-0.2, -0.15) is 11.8 Å². The topological polar surface area (TPSA) is 21.3 Å². The fourth-order valence-corrected chi connectivity index (χ4v) is 3.07. The summed E-state index contributed by atoms with van der Waals surface area (Å²) in [7, 11) is 0. The molecule has 1 aliphatic carbocycles. The van der Waals surface area contributed by atoms with E-state index >= 15 is 0 Å². The molecule has 0 fully saturated rings. The van der Waals surface area contributed by atoms with Crippen molar-refractivity contribution in [3.8, 4) is 5.75 Å². The van der Waals surface area contributed by atoms with E-state index in [1.165, 1.54) is 36.1 Å². The second kappa shape index (κ2) is 7.81. The predicted molar refractivity (Wildman–Crippen MR) is 84.3 cm³/mol. The van der Waals surface area contributed by atoms with Crippen molar-refractivity contribution in [1.82, 2.24) is 5.32 Å². The summed E-state index contributed by atoms with van der Waals surface area (Å²) in [5.41, 5.74) is 2.94. The van der Waals surface area contributed by atoms with Crippen molar-refractivity contribution in [3.63, 3.8) is 0 Å². The lowest BCUT2D eigenvalue weighted by molar-refractivity contribution is 0.343. The van der Waals surface area contributed by atoms with Crippen molar-refractivity contribution in [2.45, 2.75) is 39.2 Å². The molecule has 0 amide bonds. The molecule has 0 saturated carbocycles. The minimum atomic E-state index is 0.555. The Morgan fingerprint density at radius 3 is 3.05 bits per heavy atom. The maximum absolute atomic E-state index is 5.81. The molecule has 0 saturated heterocycles. The lowest BCUT2D eigenvalue weighted by Crippen LogP contribution is -2.19. The van der Waals surface area contributed by atoms with Crippen LogP contribution in [0, 0.1) is 0 Å². The summed E-state index contributed by atoms with van der Waals surface area (Å²) >= 11 is 1.93. The lowest BCUT2D eigenvalue weighted by Gasteiger charge is -2.14. The van der Waals surface area contributed by atoms with E-state index in [2.05, 4.69) is 37.4 Å². The summed E-state index contributed by atoms with van der Waals surface area (Å²) in [6.45, 7) is 6.32. The van der Waals surface area contributed by atoms with Gasteiger partial charge in [-0.15, -0.1) is 0 Å². The first-order valence-corrected chi connectivity index (χ1v) is 8.57. The van der Waals surface area contributed by atoms with Crippen LogP contribution in [-0.2, 0) is 6.42 Å². The number of hydrogen-bond acceptors (Lipinski definition) is 3. The van der Waals surface area contributed by atoms with Gasteiger partial charge in [0, 0.05) is 11.8 Å². The lowest BCUT2D eigenvalue weighted by atomic mass is 10.1. The van der Waals surface area contributed by atoms with Crippen molar-refractivity contribution >= 4 is 11.8 Å². The van der Waals surface area contributed by atoms with E-state index < -0.39 is 0 Å². The van der Waals surface area contributed by atoms with Crippen LogP contribution in [0.2, 0.25) is 0 Å². The van der Waals surface area contributed by atoms with Crippen molar-refractivity contribution < 1.29 is 4.74 Å². The van der Waals surface area contributed by atoms with Crippen LogP contribution in [0.15, 0.2) is 18.2 Å². The summed E-state index contributed by atoms with van der Waals surface area (Å²) in [5.74, 6) is 3.28. The highest BCUT2D eigenvalue weighted by Gasteiger charge is 2.21. The molecule has 106 valence electrons.